The molecule has 0 radical (unpaired) electrons. The molecule has 100 valence electrons. The van der Waals surface area contributed by atoms with E-state index in [4.69, 9.17) is 4.52 Å². The van der Waals surface area contributed by atoms with Gasteiger partial charge in [0.1, 0.15) is 11.6 Å². The fourth-order valence-electron chi connectivity index (χ4n) is 1.63. The molecule has 2 N–H and O–H groups in total. The van der Waals surface area contributed by atoms with Crippen LogP contribution in [0.25, 0.3) is 0 Å². The molecule has 1 atom stereocenters. The predicted molar refractivity (Wildman–Crippen MR) is 68.2 cm³/mol. The second-order valence-corrected chi connectivity index (χ2v) is 4.20. The Hall–Kier alpha value is -2.37. The maximum absolute atomic E-state index is 13.1. The first-order valence-corrected chi connectivity index (χ1v) is 5.81. The molecule has 0 aliphatic rings. The van der Waals surface area contributed by atoms with Crippen LogP contribution in [0.4, 0.5) is 15.0 Å². The number of benzene rings is 1. The Bertz CT molecular complexity index is 583. The number of urea groups is 1. The van der Waals surface area contributed by atoms with Crippen LogP contribution in [-0.2, 0) is 0 Å². The summed E-state index contributed by atoms with van der Waals surface area (Å²) in [6.07, 6.45) is 0. The van der Waals surface area contributed by atoms with E-state index in [-0.39, 0.29) is 11.9 Å². The van der Waals surface area contributed by atoms with Crippen molar-refractivity contribution in [3.63, 3.8) is 0 Å². The van der Waals surface area contributed by atoms with Crippen molar-refractivity contribution in [2.75, 3.05) is 5.32 Å². The lowest BCUT2D eigenvalue weighted by molar-refractivity contribution is 0.249. The largest absolute Gasteiger partial charge is 0.360 e. The molecule has 0 aliphatic heterocycles. The molecular formula is C13H14FN3O2. The monoisotopic (exact) mass is 263 g/mol. The Morgan fingerprint density at radius 1 is 1.42 bits per heavy atom. The summed E-state index contributed by atoms with van der Waals surface area (Å²) in [6.45, 7) is 3.49. The van der Waals surface area contributed by atoms with Crippen molar-refractivity contribution in [2.45, 2.75) is 19.9 Å². The van der Waals surface area contributed by atoms with Crippen LogP contribution in [0.2, 0.25) is 0 Å². The van der Waals surface area contributed by atoms with Crippen molar-refractivity contribution < 1.29 is 13.7 Å². The highest BCUT2D eigenvalue weighted by Gasteiger charge is 2.11. The Balaban J connectivity index is 1.95. The van der Waals surface area contributed by atoms with Gasteiger partial charge >= 0.3 is 6.03 Å². The van der Waals surface area contributed by atoms with E-state index < -0.39 is 6.03 Å². The molecule has 0 saturated heterocycles. The number of aryl methyl sites for hydroxylation is 1. The number of aromatic nitrogens is 1. The molecule has 0 unspecified atom stereocenters. The normalized spacial score (nSPS) is 11.9. The first-order chi connectivity index (χ1) is 9.04. The van der Waals surface area contributed by atoms with Gasteiger partial charge in [0.15, 0.2) is 5.82 Å². The number of nitrogens with one attached hydrogen (secondary N) is 2. The number of carbonyl (C=O) groups is 1. The standard InChI is InChI=1S/C13H14FN3O2/c1-8-6-12(17-19-8)16-13(18)15-9(2)10-4-3-5-11(14)7-10/h3-7,9H,1-2H3,(H2,15,16,17,18)/t9-/m0/s1. The molecule has 5 nitrogen and oxygen atoms in total. The van der Waals surface area contributed by atoms with E-state index in [0.717, 1.165) is 0 Å². The second kappa shape index (κ2) is 5.51. The van der Waals surface area contributed by atoms with Gasteiger partial charge in [-0.1, -0.05) is 17.3 Å². The van der Waals surface area contributed by atoms with Crippen molar-refractivity contribution in [3.8, 4) is 0 Å². The fraction of sp³-hybridized carbons (Fsp3) is 0.231. The van der Waals surface area contributed by atoms with Gasteiger partial charge in [-0.15, -0.1) is 0 Å². The van der Waals surface area contributed by atoms with Gasteiger partial charge in [0.05, 0.1) is 6.04 Å². The lowest BCUT2D eigenvalue weighted by atomic mass is 10.1. The molecule has 2 amide bonds. The number of nitrogens with zero attached hydrogens (tertiary/aromatic N) is 1. The van der Waals surface area contributed by atoms with Crippen LogP contribution >= 0.6 is 0 Å². The molecule has 2 aromatic rings. The molecule has 6 heteroatoms. The lowest BCUT2D eigenvalue weighted by Crippen LogP contribution is -2.31. The fourth-order valence-corrected chi connectivity index (χ4v) is 1.63. The number of hydrogen-bond acceptors (Lipinski definition) is 3. The molecule has 0 aliphatic carbocycles. The molecule has 0 bridgehead atoms. The van der Waals surface area contributed by atoms with Gasteiger partial charge in [-0.2, -0.15) is 0 Å². The van der Waals surface area contributed by atoms with Crippen LogP contribution in [0, 0.1) is 12.7 Å². The highest BCUT2D eigenvalue weighted by atomic mass is 19.1. The van der Waals surface area contributed by atoms with Gasteiger partial charge in [-0.3, -0.25) is 5.32 Å². The molecule has 2 rings (SSSR count). The van der Waals surface area contributed by atoms with E-state index in [2.05, 4.69) is 15.8 Å². The van der Waals surface area contributed by atoms with E-state index in [9.17, 15) is 9.18 Å². The van der Waals surface area contributed by atoms with E-state index in [1.807, 2.05) is 0 Å². The summed E-state index contributed by atoms with van der Waals surface area (Å²) in [4.78, 5) is 11.7. The molecule has 1 heterocycles. The topological polar surface area (TPSA) is 67.2 Å². The minimum absolute atomic E-state index is 0.316. The van der Waals surface area contributed by atoms with Crippen molar-refractivity contribution in [1.82, 2.24) is 10.5 Å². The first kappa shape index (κ1) is 13.1. The Kier molecular flexibility index (Phi) is 3.79. The number of rotatable bonds is 3. The molecule has 0 spiro atoms. The summed E-state index contributed by atoms with van der Waals surface area (Å²) in [7, 11) is 0. The molecule has 0 saturated carbocycles. The average Bonchev–Trinajstić information content (AvgIpc) is 2.74. The maximum atomic E-state index is 13.1. The van der Waals surface area contributed by atoms with Gasteiger partial charge in [0.25, 0.3) is 0 Å². The summed E-state index contributed by atoms with van der Waals surface area (Å²) in [5.74, 6) is 0.605. The zero-order valence-electron chi connectivity index (χ0n) is 10.6. The summed E-state index contributed by atoms with van der Waals surface area (Å²) in [5, 5.41) is 8.86. The minimum Gasteiger partial charge on any atom is -0.360 e. The van der Waals surface area contributed by atoms with Gasteiger partial charge in [-0.05, 0) is 31.5 Å². The third kappa shape index (κ3) is 3.54. The SMILES string of the molecule is Cc1cc(NC(=O)N[C@@H](C)c2cccc(F)c2)no1. The zero-order chi connectivity index (χ0) is 13.8. The molecule has 19 heavy (non-hydrogen) atoms. The van der Waals surface area contributed by atoms with Crippen molar-refractivity contribution in [2.24, 2.45) is 0 Å². The van der Waals surface area contributed by atoms with Gasteiger partial charge in [-0.25, -0.2) is 9.18 Å². The molecule has 0 fully saturated rings. The number of amides is 2. The van der Waals surface area contributed by atoms with Crippen molar-refractivity contribution >= 4 is 11.8 Å². The van der Waals surface area contributed by atoms with Crippen LogP contribution in [0.15, 0.2) is 34.9 Å². The van der Waals surface area contributed by atoms with Crippen LogP contribution in [0.1, 0.15) is 24.3 Å². The predicted octanol–water partition coefficient (Wildman–Crippen LogP) is 3.00. The summed E-state index contributed by atoms with van der Waals surface area (Å²) in [5.41, 5.74) is 0.687. The Morgan fingerprint density at radius 3 is 2.84 bits per heavy atom. The van der Waals surface area contributed by atoms with Gasteiger partial charge < -0.3 is 9.84 Å². The van der Waals surface area contributed by atoms with Crippen molar-refractivity contribution in [1.29, 1.82) is 0 Å². The Morgan fingerprint density at radius 2 is 2.21 bits per heavy atom. The average molecular weight is 263 g/mol. The van der Waals surface area contributed by atoms with Crippen LogP contribution < -0.4 is 10.6 Å². The smallest absolute Gasteiger partial charge is 0.320 e. The van der Waals surface area contributed by atoms with Gasteiger partial charge in [0.2, 0.25) is 0 Å². The number of anilines is 1. The number of hydrogen-bond donors (Lipinski definition) is 2. The van der Waals surface area contributed by atoms with E-state index in [0.29, 0.717) is 17.1 Å². The van der Waals surface area contributed by atoms with E-state index in [1.165, 1.54) is 12.1 Å². The highest BCUT2D eigenvalue weighted by Crippen LogP contribution is 2.14. The van der Waals surface area contributed by atoms with Crippen LogP contribution in [-0.4, -0.2) is 11.2 Å². The van der Waals surface area contributed by atoms with Gasteiger partial charge in [0, 0.05) is 6.07 Å². The minimum atomic E-state index is -0.426. The molecule has 1 aromatic carbocycles. The second-order valence-electron chi connectivity index (χ2n) is 4.20. The highest BCUT2D eigenvalue weighted by molar-refractivity contribution is 5.88. The summed E-state index contributed by atoms with van der Waals surface area (Å²) in [6, 6.07) is 6.94. The zero-order valence-corrected chi connectivity index (χ0v) is 10.6. The number of halogens is 1. The lowest BCUT2D eigenvalue weighted by Gasteiger charge is -2.14. The summed E-state index contributed by atoms with van der Waals surface area (Å²) < 4.78 is 17.9. The molecular weight excluding hydrogens is 249 g/mol. The van der Waals surface area contributed by atoms with Crippen LogP contribution in [0.5, 0.6) is 0 Å². The first-order valence-electron chi connectivity index (χ1n) is 5.81. The Labute approximate surface area is 109 Å². The summed E-state index contributed by atoms with van der Waals surface area (Å²) >= 11 is 0. The van der Waals surface area contributed by atoms with Crippen LogP contribution in [0.3, 0.4) is 0 Å². The third-order valence-electron chi connectivity index (χ3n) is 2.57. The third-order valence-corrected chi connectivity index (χ3v) is 2.57. The van der Waals surface area contributed by atoms with Crippen molar-refractivity contribution in [3.05, 3.63) is 47.5 Å². The number of carbonyl (C=O) groups excluding carboxylic acids is 1. The maximum Gasteiger partial charge on any atom is 0.320 e. The van der Waals surface area contributed by atoms with E-state index in [1.54, 1.807) is 32.0 Å². The molecule has 1 aromatic heterocycles. The van der Waals surface area contributed by atoms with E-state index >= 15 is 0 Å². The quantitative estimate of drug-likeness (QED) is 0.894.